The van der Waals surface area contributed by atoms with Crippen LogP contribution in [0.5, 0.6) is 0 Å². The van der Waals surface area contributed by atoms with Gasteiger partial charge in [0, 0.05) is 31.0 Å². The highest BCUT2D eigenvalue weighted by Gasteiger charge is 2.18. The van der Waals surface area contributed by atoms with Crippen molar-refractivity contribution < 1.29 is 9.53 Å². The van der Waals surface area contributed by atoms with Crippen LogP contribution in [0.3, 0.4) is 0 Å². The molecule has 1 fully saturated rings. The van der Waals surface area contributed by atoms with E-state index in [4.69, 9.17) is 4.74 Å². The molecule has 1 atom stereocenters. The van der Waals surface area contributed by atoms with Crippen molar-refractivity contribution in [1.29, 1.82) is 0 Å². The zero-order valence-electron chi connectivity index (χ0n) is 12.5. The van der Waals surface area contributed by atoms with Crippen LogP contribution in [0.4, 0.5) is 0 Å². The molecule has 5 heteroatoms. The quantitative estimate of drug-likeness (QED) is 0.856. The Morgan fingerprint density at radius 2 is 2.20 bits per heavy atom. The minimum absolute atomic E-state index is 0.174. The Balaban J connectivity index is 1.95. The van der Waals surface area contributed by atoms with Crippen molar-refractivity contribution in [2.24, 2.45) is 0 Å². The summed E-state index contributed by atoms with van der Waals surface area (Å²) < 4.78 is 7.33. The first kappa shape index (κ1) is 15.1. The molecule has 0 bridgehead atoms. The molecule has 2 rings (SSSR count). The third-order valence-electron chi connectivity index (χ3n) is 3.68. The summed E-state index contributed by atoms with van der Waals surface area (Å²) in [5, 5.41) is 3.46. The molecule has 1 N–H and O–H groups in total. The van der Waals surface area contributed by atoms with E-state index < -0.39 is 0 Å². The Labute approximate surface area is 120 Å². The highest BCUT2D eigenvalue weighted by atomic mass is 16.5. The third-order valence-corrected chi connectivity index (χ3v) is 3.68. The molecule has 0 spiro atoms. The fourth-order valence-electron chi connectivity index (χ4n) is 2.49. The molecule has 0 saturated carbocycles. The SMILES string of the molecule is CCCNC(C)c1cccn1CC(=O)N1CCOCC1. The van der Waals surface area contributed by atoms with E-state index in [1.807, 2.05) is 21.7 Å². The van der Waals surface area contributed by atoms with E-state index in [0.717, 1.165) is 13.0 Å². The third kappa shape index (κ3) is 3.84. The molecule has 1 unspecified atom stereocenters. The topological polar surface area (TPSA) is 46.5 Å². The van der Waals surface area contributed by atoms with Crippen LogP contribution in [0.1, 0.15) is 32.0 Å². The zero-order valence-corrected chi connectivity index (χ0v) is 12.5. The number of nitrogens with one attached hydrogen (secondary N) is 1. The number of amides is 1. The summed E-state index contributed by atoms with van der Waals surface area (Å²) in [5.74, 6) is 0.174. The summed E-state index contributed by atoms with van der Waals surface area (Å²) in [6.07, 6.45) is 3.09. The first-order valence-corrected chi connectivity index (χ1v) is 7.46. The second kappa shape index (κ2) is 7.45. The van der Waals surface area contributed by atoms with Crippen LogP contribution < -0.4 is 5.32 Å². The van der Waals surface area contributed by atoms with E-state index in [2.05, 4.69) is 25.2 Å². The molecule has 0 aromatic carbocycles. The summed E-state index contributed by atoms with van der Waals surface area (Å²) in [5.41, 5.74) is 1.17. The molecule has 1 aliphatic heterocycles. The summed E-state index contributed by atoms with van der Waals surface area (Å²) in [6, 6.07) is 4.36. The zero-order chi connectivity index (χ0) is 14.4. The van der Waals surface area contributed by atoms with Gasteiger partial charge in [-0.1, -0.05) is 6.92 Å². The van der Waals surface area contributed by atoms with Crippen LogP contribution in [-0.4, -0.2) is 48.2 Å². The first-order chi connectivity index (χ1) is 9.72. The average Bonchev–Trinajstić information content (AvgIpc) is 2.94. The van der Waals surface area contributed by atoms with Crippen molar-refractivity contribution in [2.45, 2.75) is 32.9 Å². The van der Waals surface area contributed by atoms with Crippen molar-refractivity contribution in [3.8, 4) is 0 Å². The van der Waals surface area contributed by atoms with Gasteiger partial charge in [-0.3, -0.25) is 4.79 Å². The number of morpholine rings is 1. The van der Waals surface area contributed by atoms with Crippen LogP contribution in [-0.2, 0) is 16.1 Å². The van der Waals surface area contributed by atoms with Crippen molar-refractivity contribution in [1.82, 2.24) is 14.8 Å². The highest BCUT2D eigenvalue weighted by Crippen LogP contribution is 2.14. The van der Waals surface area contributed by atoms with E-state index in [0.29, 0.717) is 32.8 Å². The number of hydrogen-bond donors (Lipinski definition) is 1. The number of nitrogens with zero attached hydrogens (tertiary/aromatic N) is 2. The number of carbonyl (C=O) groups excluding carboxylic acids is 1. The molecular formula is C15H25N3O2. The minimum Gasteiger partial charge on any atom is -0.378 e. The van der Waals surface area contributed by atoms with Crippen LogP contribution >= 0.6 is 0 Å². The predicted octanol–water partition coefficient (Wildman–Crippen LogP) is 1.41. The van der Waals surface area contributed by atoms with Gasteiger partial charge in [0.15, 0.2) is 0 Å². The molecule has 5 nitrogen and oxygen atoms in total. The molecule has 0 radical (unpaired) electrons. The van der Waals surface area contributed by atoms with Gasteiger partial charge in [-0.2, -0.15) is 0 Å². The molecule has 1 aliphatic rings. The lowest BCUT2D eigenvalue weighted by molar-refractivity contribution is -0.135. The second-order valence-electron chi connectivity index (χ2n) is 5.23. The largest absolute Gasteiger partial charge is 0.378 e. The summed E-state index contributed by atoms with van der Waals surface area (Å²) in [4.78, 5) is 14.2. The van der Waals surface area contributed by atoms with Gasteiger partial charge < -0.3 is 19.5 Å². The molecular weight excluding hydrogens is 254 g/mol. The van der Waals surface area contributed by atoms with Gasteiger partial charge in [0.05, 0.1) is 13.2 Å². The Kier molecular flexibility index (Phi) is 5.61. The van der Waals surface area contributed by atoms with Gasteiger partial charge in [-0.05, 0) is 32.0 Å². The maximum absolute atomic E-state index is 12.3. The Morgan fingerprint density at radius 3 is 2.90 bits per heavy atom. The Bertz CT molecular complexity index is 425. The van der Waals surface area contributed by atoms with Gasteiger partial charge in [-0.25, -0.2) is 0 Å². The molecule has 0 aliphatic carbocycles. The molecule has 1 saturated heterocycles. The monoisotopic (exact) mass is 279 g/mol. The molecule has 20 heavy (non-hydrogen) atoms. The number of aromatic nitrogens is 1. The van der Waals surface area contributed by atoms with Gasteiger partial charge in [0.2, 0.25) is 5.91 Å². The molecule has 1 aromatic rings. The van der Waals surface area contributed by atoms with Crippen LogP contribution in [0, 0.1) is 0 Å². The van der Waals surface area contributed by atoms with Crippen molar-refractivity contribution in [2.75, 3.05) is 32.8 Å². The fourth-order valence-corrected chi connectivity index (χ4v) is 2.49. The number of hydrogen-bond acceptors (Lipinski definition) is 3. The summed E-state index contributed by atoms with van der Waals surface area (Å²) in [6.45, 7) is 8.42. The lowest BCUT2D eigenvalue weighted by Crippen LogP contribution is -2.42. The first-order valence-electron chi connectivity index (χ1n) is 7.46. The summed E-state index contributed by atoms with van der Waals surface area (Å²) >= 11 is 0. The highest BCUT2D eigenvalue weighted by molar-refractivity contribution is 5.76. The van der Waals surface area contributed by atoms with Gasteiger partial charge in [0.25, 0.3) is 0 Å². The Hall–Kier alpha value is -1.33. The van der Waals surface area contributed by atoms with Gasteiger partial charge in [0.1, 0.15) is 6.54 Å². The molecule has 1 amide bonds. The van der Waals surface area contributed by atoms with E-state index in [1.54, 1.807) is 0 Å². The fraction of sp³-hybridized carbons (Fsp3) is 0.667. The van der Waals surface area contributed by atoms with Gasteiger partial charge >= 0.3 is 0 Å². The van der Waals surface area contributed by atoms with Crippen LogP contribution in [0.2, 0.25) is 0 Å². The van der Waals surface area contributed by atoms with Crippen molar-refractivity contribution in [3.63, 3.8) is 0 Å². The van der Waals surface area contributed by atoms with Gasteiger partial charge in [-0.15, -0.1) is 0 Å². The van der Waals surface area contributed by atoms with E-state index in [1.165, 1.54) is 5.69 Å². The maximum atomic E-state index is 12.3. The van der Waals surface area contributed by atoms with E-state index >= 15 is 0 Å². The van der Waals surface area contributed by atoms with Crippen LogP contribution in [0.25, 0.3) is 0 Å². The van der Waals surface area contributed by atoms with Crippen LogP contribution in [0.15, 0.2) is 18.3 Å². The number of ether oxygens (including phenoxy) is 1. The Morgan fingerprint density at radius 1 is 1.45 bits per heavy atom. The summed E-state index contributed by atoms with van der Waals surface area (Å²) in [7, 11) is 0. The molecule has 112 valence electrons. The van der Waals surface area contributed by atoms with Crippen molar-refractivity contribution >= 4 is 5.91 Å². The average molecular weight is 279 g/mol. The van der Waals surface area contributed by atoms with E-state index in [9.17, 15) is 4.79 Å². The predicted molar refractivity (Wildman–Crippen MR) is 78.5 cm³/mol. The van der Waals surface area contributed by atoms with E-state index in [-0.39, 0.29) is 11.9 Å². The number of carbonyl (C=O) groups is 1. The normalized spacial score (nSPS) is 17.2. The lowest BCUT2D eigenvalue weighted by Gasteiger charge is -2.27. The standard InChI is InChI=1S/C15H25N3O2/c1-3-6-16-13(2)14-5-4-7-18(14)12-15(19)17-8-10-20-11-9-17/h4-5,7,13,16H,3,6,8-12H2,1-2H3. The molecule has 2 heterocycles. The smallest absolute Gasteiger partial charge is 0.242 e. The maximum Gasteiger partial charge on any atom is 0.242 e. The minimum atomic E-state index is 0.174. The second-order valence-corrected chi connectivity index (χ2v) is 5.23. The number of rotatable bonds is 6. The molecule has 1 aromatic heterocycles. The lowest BCUT2D eigenvalue weighted by atomic mass is 10.2. The van der Waals surface area contributed by atoms with Crippen molar-refractivity contribution in [3.05, 3.63) is 24.0 Å².